The summed E-state index contributed by atoms with van der Waals surface area (Å²) >= 11 is 6.36. The smallest absolute Gasteiger partial charge is 0.308 e. The molecule has 5 nitrogen and oxygen atoms in total. The van der Waals surface area contributed by atoms with Gasteiger partial charge in [-0.25, -0.2) is 0 Å². The lowest BCUT2D eigenvalue weighted by molar-refractivity contribution is -0.145. The normalized spacial score (nSPS) is 17.8. The lowest BCUT2D eigenvalue weighted by atomic mass is 9.91. The summed E-state index contributed by atoms with van der Waals surface area (Å²) in [6.07, 6.45) is 9.40. The van der Waals surface area contributed by atoms with Gasteiger partial charge in [0.2, 0.25) is 0 Å². The van der Waals surface area contributed by atoms with Crippen molar-refractivity contribution in [2.45, 2.75) is 53.4 Å². The molecule has 1 saturated carbocycles. The van der Waals surface area contributed by atoms with E-state index in [0.717, 1.165) is 47.1 Å². The molecule has 1 heterocycles. The standard InChI is InChI=1S/C18H18ClN3.C8H14O2/c1-4-5-14(16-9-22-10-17(21)18(16)19)15-7-13(8-20)11(2)6-12(15)3;1-6-3-4-7(5-6)8(9)10-2/h5-7,9-10H,4,21H2,1-3H3;6-7H,3-5H2,1-2H3/b14-5+;. The molecule has 6 heteroatoms. The van der Waals surface area contributed by atoms with Gasteiger partial charge in [-0.1, -0.05) is 37.6 Å². The second-order valence-corrected chi connectivity index (χ2v) is 8.73. The number of rotatable bonds is 4. The Labute approximate surface area is 196 Å². The maximum atomic E-state index is 10.9. The molecular formula is C26H32ClN3O2. The zero-order chi connectivity index (χ0) is 23.8. The number of ether oxygens (including phenoxy) is 1. The number of nitrogens with zero attached hydrogens (tertiary/aromatic N) is 2. The Morgan fingerprint density at radius 3 is 2.56 bits per heavy atom. The number of nitrogens with two attached hydrogens (primary N) is 1. The molecule has 0 spiro atoms. The molecule has 1 aromatic carbocycles. The van der Waals surface area contributed by atoms with Crippen molar-refractivity contribution >= 4 is 28.8 Å². The molecule has 2 unspecified atom stereocenters. The molecule has 1 aliphatic rings. The molecule has 2 atom stereocenters. The average Bonchev–Trinajstić information content (AvgIpc) is 3.21. The fourth-order valence-corrected chi connectivity index (χ4v) is 4.27. The average molecular weight is 454 g/mol. The van der Waals surface area contributed by atoms with Gasteiger partial charge in [0.1, 0.15) is 0 Å². The Balaban J connectivity index is 0.000000303. The van der Waals surface area contributed by atoms with Crippen molar-refractivity contribution in [1.29, 1.82) is 5.26 Å². The van der Waals surface area contributed by atoms with Gasteiger partial charge in [0.15, 0.2) is 0 Å². The molecule has 1 aliphatic carbocycles. The van der Waals surface area contributed by atoms with Crippen molar-refractivity contribution in [2.75, 3.05) is 12.8 Å². The number of halogens is 1. The first-order chi connectivity index (χ1) is 15.2. The SMILES string of the molecule is CC/C=C(\c1cc(C#N)c(C)cc1C)c1cncc(N)c1Cl.COC(=O)C1CCC(C)C1. The van der Waals surface area contributed by atoms with Gasteiger partial charge in [0.05, 0.1) is 41.6 Å². The van der Waals surface area contributed by atoms with Crippen LogP contribution in [-0.2, 0) is 9.53 Å². The fraction of sp³-hybridized carbons (Fsp3) is 0.423. The number of methoxy groups -OCH3 is 1. The number of carbonyl (C=O) groups excluding carboxylic acids is 1. The number of aryl methyl sites for hydroxylation is 2. The summed E-state index contributed by atoms with van der Waals surface area (Å²) in [7, 11) is 1.46. The second kappa shape index (κ2) is 11.7. The predicted octanol–water partition coefficient (Wildman–Crippen LogP) is 6.24. The molecule has 0 amide bonds. The van der Waals surface area contributed by atoms with E-state index in [1.807, 2.05) is 26.0 Å². The molecule has 32 heavy (non-hydrogen) atoms. The number of carbonyl (C=O) groups is 1. The van der Waals surface area contributed by atoms with Gasteiger partial charge in [-0.3, -0.25) is 9.78 Å². The van der Waals surface area contributed by atoms with Crippen molar-refractivity contribution in [3.8, 4) is 6.07 Å². The highest BCUT2D eigenvalue weighted by Crippen LogP contribution is 2.35. The van der Waals surface area contributed by atoms with Gasteiger partial charge in [-0.05, 0) is 73.8 Å². The van der Waals surface area contributed by atoms with Gasteiger partial charge < -0.3 is 10.5 Å². The third-order valence-electron chi connectivity index (χ3n) is 5.82. The van der Waals surface area contributed by atoms with Crippen LogP contribution in [0.3, 0.4) is 0 Å². The summed E-state index contributed by atoms with van der Waals surface area (Å²) in [4.78, 5) is 15.1. The molecule has 2 aromatic rings. The Morgan fingerprint density at radius 2 is 2.00 bits per heavy atom. The molecule has 2 N–H and O–H groups in total. The lowest BCUT2D eigenvalue weighted by Gasteiger charge is -2.15. The minimum absolute atomic E-state index is 0.0237. The summed E-state index contributed by atoms with van der Waals surface area (Å²) in [5, 5.41) is 9.78. The highest BCUT2D eigenvalue weighted by molar-refractivity contribution is 6.35. The van der Waals surface area contributed by atoms with Crippen molar-refractivity contribution in [2.24, 2.45) is 11.8 Å². The number of pyridine rings is 1. The molecule has 0 aliphatic heterocycles. The minimum atomic E-state index is -0.0237. The molecule has 0 radical (unpaired) electrons. The van der Waals surface area contributed by atoms with Crippen LogP contribution in [0.5, 0.6) is 0 Å². The largest absolute Gasteiger partial charge is 0.469 e. The minimum Gasteiger partial charge on any atom is -0.469 e. The summed E-state index contributed by atoms with van der Waals surface area (Å²) in [6.45, 7) is 8.21. The molecule has 0 bridgehead atoms. The van der Waals surface area contributed by atoms with E-state index in [1.165, 1.54) is 19.7 Å². The number of aromatic nitrogens is 1. The zero-order valence-electron chi connectivity index (χ0n) is 19.5. The maximum absolute atomic E-state index is 10.9. The first-order valence-electron chi connectivity index (χ1n) is 10.9. The third kappa shape index (κ3) is 6.11. The van der Waals surface area contributed by atoms with E-state index in [0.29, 0.717) is 22.2 Å². The highest BCUT2D eigenvalue weighted by Gasteiger charge is 2.27. The van der Waals surface area contributed by atoms with Crippen LogP contribution in [0.2, 0.25) is 5.02 Å². The molecule has 1 fully saturated rings. The number of benzene rings is 1. The van der Waals surface area contributed by atoms with Crippen LogP contribution in [0.4, 0.5) is 5.69 Å². The first-order valence-corrected chi connectivity index (χ1v) is 11.3. The van der Waals surface area contributed by atoms with Crippen LogP contribution in [0.1, 0.15) is 67.3 Å². The van der Waals surface area contributed by atoms with Crippen LogP contribution in [0, 0.1) is 37.0 Å². The van der Waals surface area contributed by atoms with Crippen LogP contribution < -0.4 is 5.73 Å². The highest BCUT2D eigenvalue weighted by atomic mass is 35.5. The number of hydrogen-bond donors (Lipinski definition) is 1. The number of nitriles is 1. The van der Waals surface area contributed by atoms with E-state index in [4.69, 9.17) is 17.3 Å². The topological polar surface area (TPSA) is 89.0 Å². The number of esters is 1. The Morgan fingerprint density at radius 1 is 1.28 bits per heavy atom. The van der Waals surface area contributed by atoms with Gasteiger partial charge in [0, 0.05) is 11.8 Å². The van der Waals surface area contributed by atoms with Gasteiger partial charge in [-0.15, -0.1) is 0 Å². The van der Waals surface area contributed by atoms with Crippen LogP contribution in [0.15, 0.2) is 30.6 Å². The molecule has 170 valence electrons. The van der Waals surface area contributed by atoms with E-state index in [9.17, 15) is 10.1 Å². The molecule has 1 aromatic heterocycles. The van der Waals surface area contributed by atoms with Crippen LogP contribution in [0.25, 0.3) is 5.57 Å². The lowest BCUT2D eigenvalue weighted by Crippen LogP contribution is -2.12. The van der Waals surface area contributed by atoms with Crippen molar-refractivity contribution < 1.29 is 9.53 Å². The summed E-state index contributed by atoms with van der Waals surface area (Å²) in [6, 6.07) is 6.16. The van der Waals surface area contributed by atoms with E-state index in [-0.39, 0.29) is 11.9 Å². The zero-order valence-corrected chi connectivity index (χ0v) is 20.3. The quantitative estimate of drug-likeness (QED) is 0.553. The predicted molar refractivity (Wildman–Crippen MR) is 130 cm³/mol. The number of anilines is 1. The molecule has 3 rings (SSSR count). The summed E-state index contributed by atoms with van der Waals surface area (Å²) < 4.78 is 4.64. The molecular weight excluding hydrogens is 422 g/mol. The fourth-order valence-electron chi connectivity index (χ4n) is 4.07. The number of nitrogen functional groups attached to an aromatic ring is 1. The first kappa shape index (κ1) is 25.4. The van der Waals surface area contributed by atoms with Crippen molar-refractivity contribution in [3.63, 3.8) is 0 Å². The monoisotopic (exact) mass is 453 g/mol. The van der Waals surface area contributed by atoms with E-state index in [1.54, 1.807) is 6.20 Å². The Hall–Kier alpha value is -2.84. The second-order valence-electron chi connectivity index (χ2n) is 8.35. The van der Waals surface area contributed by atoms with Crippen molar-refractivity contribution in [1.82, 2.24) is 4.98 Å². The number of allylic oxidation sites excluding steroid dienone is 1. The van der Waals surface area contributed by atoms with Crippen LogP contribution in [-0.4, -0.2) is 18.1 Å². The van der Waals surface area contributed by atoms with Crippen LogP contribution >= 0.6 is 11.6 Å². The third-order valence-corrected chi connectivity index (χ3v) is 6.24. The van der Waals surface area contributed by atoms with Gasteiger partial charge in [-0.2, -0.15) is 5.26 Å². The van der Waals surface area contributed by atoms with Gasteiger partial charge in [0.25, 0.3) is 0 Å². The van der Waals surface area contributed by atoms with E-state index >= 15 is 0 Å². The maximum Gasteiger partial charge on any atom is 0.308 e. The Kier molecular flexibility index (Phi) is 9.28. The number of hydrogen-bond acceptors (Lipinski definition) is 5. The van der Waals surface area contributed by atoms with Gasteiger partial charge >= 0.3 is 5.97 Å². The summed E-state index contributed by atoms with van der Waals surface area (Å²) in [5.74, 6) is 0.883. The van der Waals surface area contributed by atoms with E-state index in [2.05, 4.69) is 35.7 Å². The van der Waals surface area contributed by atoms with Crippen molar-refractivity contribution in [3.05, 3.63) is 63.4 Å². The van der Waals surface area contributed by atoms with E-state index < -0.39 is 0 Å². The molecule has 0 saturated heterocycles. The Bertz CT molecular complexity index is 1040. The summed E-state index contributed by atoms with van der Waals surface area (Å²) in [5.41, 5.74) is 11.8.